The maximum atomic E-state index is 10.5. The molecule has 1 N–H and O–H groups in total. The van der Waals surface area contributed by atoms with E-state index in [1.54, 1.807) is 18.2 Å². The minimum atomic E-state index is -0.970. The number of carbonyl (C=O) groups is 1. The van der Waals surface area contributed by atoms with Gasteiger partial charge >= 0.3 is 5.97 Å². The van der Waals surface area contributed by atoms with Gasteiger partial charge in [-0.15, -0.1) is 9.24 Å². The van der Waals surface area contributed by atoms with Gasteiger partial charge in [0.2, 0.25) is 0 Å². The van der Waals surface area contributed by atoms with Gasteiger partial charge in [-0.1, -0.05) is 32.6 Å². The summed E-state index contributed by atoms with van der Waals surface area (Å²) in [6.07, 6.45) is 0. The van der Waals surface area contributed by atoms with Gasteiger partial charge in [0.1, 0.15) is 11.3 Å². The zero-order valence-corrected chi connectivity index (χ0v) is 10.8. The standard InChI is InChI=1S/C8H8O3.C2H6.CH5P/c1-11-7-5-3-2-4-6(7)8(9)10;2*1-2/h2-5H,1H3,(H,9,10);1-2H3;2H2,1H3. The Bertz CT molecular complexity index is 274. The van der Waals surface area contributed by atoms with Crippen LogP contribution in [0.15, 0.2) is 24.3 Å². The Labute approximate surface area is 93.7 Å². The quantitative estimate of drug-likeness (QED) is 0.794. The van der Waals surface area contributed by atoms with Crippen LogP contribution in [0.25, 0.3) is 0 Å². The number of para-hydroxylation sites is 1. The van der Waals surface area contributed by atoms with Crippen LogP contribution in [0.1, 0.15) is 24.2 Å². The first-order valence-corrected chi connectivity index (χ1v) is 5.85. The first-order valence-electron chi connectivity index (χ1n) is 4.69. The number of methoxy groups -OCH3 is 1. The van der Waals surface area contributed by atoms with Crippen molar-refractivity contribution >= 4 is 15.2 Å². The smallest absolute Gasteiger partial charge is 0.339 e. The minimum absolute atomic E-state index is 0.190. The number of rotatable bonds is 2. The molecule has 86 valence electrons. The van der Waals surface area contributed by atoms with Crippen molar-refractivity contribution in [2.45, 2.75) is 13.8 Å². The highest BCUT2D eigenvalue weighted by molar-refractivity contribution is 7.15. The molecule has 0 radical (unpaired) electrons. The third-order valence-electron chi connectivity index (χ3n) is 1.34. The highest BCUT2D eigenvalue weighted by atomic mass is 31.0. The van der Waals surface area contributed by atoms with Gasteiger partial charge in [0, 0.05) is 0 Å². The minimum Gasteiger partial charge on any atom is -0.496 e. The summed E-state index contributed by atoms with van der Waals surface area (Å²) in [5.74, 6) is -0.581. The van der Waals surface area contributed by atoms with E-state index in [4.69, 9.17) is 9.84 Å². The van der Waals surface area contributed by atoms with Crippen LogP contribution in [0.2, 0.25) is 0 Å². The molecule has 15 heavy (non-hydrogen) atoms. The highest BCUT2D eigenvalue weighted by Gasteiger charge is 2.07. The van der Waals surface area contributed by atoms with Gasteiger partial charge in [0.05, 0.1) is 7.11 Å². The predicted molar refractivity (Wildman–Crippen MR) is 66.9 cm³/mol. The average Bonchev–Trinajstić information content (AvgIpc) is 2.34. The zero-order chi connectivity index (χ0) is 12.3. The third kappa shape index (κ3) is 6.08. The second-order valence-electron chi connectivity index (χ2n) is 2.01. The summed E-state index contributed by atoms with van der Waals surface area (Å²) in [6.45, 7) is 5.92. The SMILES string of the molecule is CC.COc1ccccc1C(=O)O.CP. The zero-order valence-electron chi connectivity index (χ0n) is 9.65. The Balaban J connectivity index is 0. The van der Waals surface area contributed by atoms with Crippen LogP contribution < -0.4 is 4.74 Å². The molecule has 0 aliphatic heterocycles. The monoisotopic (exact) mass is 230 g/mol. The molecule has 1 aromatic carbocycles. The molecule has 3 nitrogen and oxygen atoms in total. The molecule has 1 rings (SSSR count). The number of carboxylic acid groups (broad SMARTS) is 1. The van der Waals surface area contributed by atoms with E-state index < -0.39 is 5.97 Å². The van der Waals surface area contributed by atoms with E-state index in [-0.39, 0.29) is 5.56 Å². The lowest BCUT2D eigenvalue weighted by Crippen LogP contribution is -1.99. The van der Waals surface area contributed by atoms with Crippen LogP contribution in [-0.2, 0) is 0 Å². The highest BCUT2D eigenvalue weighted by Crippen LogP contribution is 2.16. The molecule has 1 unspecified atom stereocenters. The predicted octanol–water partition coefficient (Wildman–Crippen LogP) is 2.91. The molecule has 0 bridgehead atoms. The first-order chi connectivity index (χ1) is 7.25. The van der Waals surface area contributed by atoms with Gasteiger partial charge in [0.15, 0.2) is 0 Å². The second kappa shape index (κ2) is 11.0. The Hall–Kier alpha value is -1.08. The van der Waals surface area contributed by atoms with Gasteiger partial charge in [-0.05, 0) is 12.1 Å². The van der Waals surface area contributed by atoms with Crippen LogP contribution in [-0.4, -0.2) is 24.9 Å². The van der Waals surface area contributed by atoms with Crippen molar-refractivity contribution in [2.75, 3.05) is 13.8 Å². The van der Waals surface area contributed by atoms with Crippen molar-refractivity contribution in [3.05, 3.63) is 29.8 Å². The van der Waals surface area contributed by atoms with Gasteiger partial charge in [0.25, 0.3) is 0 Å². The molecule has 0 spiro atoms. The molecule has 1 aromatic rings. The first kappa shape index (κ1) is 16.4. The molecule has 0 heterocycles. The molecule has 0 amide bonds. The van der Waals surface area contributed by atoms with E-state index in [0.717, 1.165) is 0 Å². The molecule has 0 aliphatic rings. The van der Waals surface area contributed by atoms with Gasteiger partial charge in [-0.2, -0.15) is 0 Å². The fourth-order valence-electron chi connectivity index (χ4n) is 0.821. The van der Waals surface area contributed by atoms with Crippen LogP contribution in [0.5, 0.6) is 5.75 Å². The molecule has 0 fully saturated rings. The van der Waals surface area contributed by atoms with E-state index in [1.165, 1.54) is 13.2 Å². The van der Waals surface area contributed by atoms with Crippen molar-refractivity contribution in [2.24, 2.45) is 0 Å². The van der Waals surface area contributed by atoms with E-state index >= 15 is 0 Å². The van der Waals surface area contributed by atoms with Crippen molar-refractivity contribution in [3.63, 3.8) is 0 Å². The van der Waals surface area contributed by atoms with Crippen molar-refractivity contribution in [1.29, 1.82) is 0 Å². The maximum Gasteiger partial charge on any atom is 0.339 e. The van der Waals surface area contributed by atoms with Crippen LogP contribution in [0.4, 0.5) is 0 Å². The van der Waals surface area contributed by atoms with E-state index in [1.807, 2.05) is 20.5 Å². The van der Waals surface area contributed by atoms with E-state index in [9.17, 15) is 4.79 Å². The lowest BCUT2D eigenvalue weighted by Gasteiger charge is -2.01. The van der Waals surface area contributed by atoms with Crippen molar-refractivity contribution in [3.8, 4) is 5.75 Å². The summed E-state index contributed by atoms with van der Waals surface area (Å²) in [6, 6.07) is 6.50. The summed E-state index contributed by atoms with van der Waals surface area (Å²) in [5.41, 5.74) is 0.190. The summed E-state index contributed by atoms with van der Waals surface area (Å²) in [7, 11) is 3.86. The molecular weight excluding hydrogens is 211 g/mol. The maximum absolute atomic E-state index is 10.5. The number of carboxylic acids is 1. The molecule has 0 aliphatic carbocycles. The number of hydrogen-bond donors (Lipinski definition) is 1. The largest absolute Gasteiger partial charge is 0.496 e. The Morgan fingerprint density at radius 3 is 2.07 bits per heavy atom. The number of aromatic carboxylic acids is 1. The van der Waals surface area contributed by atoms with Gasteiger partial charge < -0.3 is 9.84 Å². The van der Waals surface area contributed by atoms with Crippen molar-refractivity contribution in [1.82, 2.24) is 0 Å². The number of benzene rings is 1. The van der Waals surface area contributed by atoms with Crippen LogP contribution in [0, 0.1) is 0 Å². The summed E-state index contributed by atoms with van der Waals surface area (Å²) in [5, 5.41) is 8.62. The van der Waals surface area contributed by atoms with E-state index in [2.05, 4.69) is 9.24 Å². The number of ether oxygens (including phenoxy) is 1. The summed E-state index contributed by atoms with van der Waals surface area (Å²) >= 11 is 0. The Morgan fingerprint density at radius 1 is 1.27 bits per heavy atom. The second-order valence-corrected chi connectivity index (χ2v) is 2.01. The fourth-order valence-corrected chi connectivity index (χ4v) is 0.821. The van der Waals surface area contributed by atoms with Gasteiger partial charge in [-0.3, -0.25) is 0 Å². The molecule has 0 saturated heterocycles. The molecule has 0 saturated carbocycles. The van der Waals surface area contributed by atoms with E-state index in [0.29, 0.717) is 5.75 Å². The molecular formula is C11H19O3P. The topological polar surface area (TPSA) is 46.5 Å². The lowest BCUT2D eigenvalue weighted by atomic mass is 10.2. The fraction of sp³-hybridized carbons (Fsp3) is 0.364. The number of hydrogen-bond acceptors (Lipinski definition) is 2. The van der Waals surface area contributed by atoms with Crippen LogP contribution >= 0.6 is 9.24 Å². The summed E-state index contributed by atoms with van der Waals surface area (Å²) in [4.78, 5) is 10.5. The third-order valence-corrected chi connectivity index (χ3v) is 1.34. The van der Waals surface area contributed by atoms with Gasteiger partial charge in [-0.25, -0.2) is 4.79 Å². The Morgan fingerprint density at radius 2 is 1.73 bits per heavy atom. The molecule has 4 heteroatoms. The normalized spacial score (nSPS) is 7.53. The average molecular weight is 230 g/mol. The summed E-state index contributed by atoms with van der Waals surface area (Å²) < 4.78 is 4.83. The van der Waals surface area contributed by atoms with Crippen LogP contribution in [0.3, 0.4) is 0 Å². The van der Waals surface area contributed by atoms with Crippen molar-refractivity contribution < 1.29 is 14.6 Å². The molecule has 0 aromatic heterocycles. The Kier molecular flexibility index (Phi) is 12.0. The lowest BCUT2D eigenvalue weighted by molar-refractivity contribution is 0.0693. The molecule has 1 atom stereocenters.